The van der Waals surface area contributed by atoms with Gasteiger partial charge in [-0.3, -0.25) is 45.2 Å². The number of aliphatic imine (C=N–C) groups is 2. The summed E-state index contributed by atoms with van der Waals surface area (Å²) in [7, 11) is 0. The van der Waals surface area contributed by atoms with Gasteiger partial charge in [0, 0.05) is 138 Å². The van der Waals surface area contributed by atoms with Crippen LogP contribution in [0, 0.1) is 50.6 Å². The van der Waals surface area contributed by atoms with E-state index >= 15 is 0 Å². The highest BCUT2D eigenvalue weighted by atomic mass is 16.2. The van der Waals surface area contributed by atoms with Gasteiger partial charge in [0.1, 0.15) is 5.84 Å². The van der Waals surface area contributed by atoms with Gasteiger partial charge in [-0.1, -0.05) is 26.0 Å². The first-order valence-electron chi connectivity index (χ1n) is 29.3. The monoisotopic (exact) mass is 1100 g/mol. The van der Waals surface area contributed by atoms with Crippen LogP contribution in [0.2, 0.25) is 0 Å². The van der Waals surface area contributed by atoms with Crippen LogP contribution >= 0.6 is 0 Å². The van der Waals surface area contributed by atoms with E-state index in [1.165, 1.54) is 5.56 Å². The molecule has 3 fully saturated rings. The standard InChI is InChI=1S/C36H42N8O.C28H34N6O.C2H6/c1-24-19-28(20-25(2)41-24)33-30(11-15-39-35(40-23-37)44-18-12-27(22-44)26-9-13-38-14-10-26)31-21-29(7-8-32(31)42-33)36(3,4)34(45)43-16-5-6-17-43;1-18-14-21(15-19(2)32-18)26-23(10-11-30-20(3)31-17-29)24-16-22(8-9-25(24)33-26)28(4,5)27(35)34-12-6-7-13-34;1-2/h7-10,13-14,19-21,27,42H,5-6,11-12,15-18,22H2,1-4H3,(H,39,40);8-9,14-16,33H,6-7,10-13H2,1-5H3,(H,30,31);1-2H3. The number of fused-ring (bicyclic) bond motifs is 2. The summed E-state index contributed by atoms with van der Waals surface area (Å²) >= 11 is 0. The van der Waals surface area contributed by atoms with Crippen molar-refractivity contribution in [2.45, 2.75) is 138 Å². The Morgan fingerprint density at radius 1 is 0.622 bits per heavy atom. The van der Waals surface area contributed by atoms with Crippen LogP contribution in [-0.2, 0) is 33.3 Å². The molecular weight excluding hydrogens is 1020 g/mol. The Morgan fingerprint density at radius 3 is 1.50 bits per heavy atom. The number of benzene rings is 2. The van der Waals surface area contributed by atoms with Gasteiger partial charge in [0.15, 0.2) is 12.4 Å². The Hall–Kier alpha value is -8.37. The molecule has 0 saturated carbocycles. The number of aryl methyl sites for hydroxylation is 4. The van der Waals surface area contributed by atoms with E-state index < -0.39 is 10.8 Å². The summed E-state index contributed by atoms with van der Waals surface area (Å²) in [6, 6.07) is 25.2. The molecule has 0 spiro atoms. The number of nitrogens with one attached hydrogen (secondary N) is 4. The molecule has 428 valence electrons. The number of carbonyl (C=O) groups excluding carboxylic acids is 2. The average molecular weight is 1100 g/mol. The predicted molar refractivity (Wildman–Crippen MR) is 329 cm³/mol. The maximum absolute atomic E-state index is 13.6. The van der Waals surface area contributed by atoms with E-state index in [4.69, 9.17) is 10.3 Å². The molecule has 0 radical (unpaired) electrons. The molecule has 3 saturated heterocycles. The number of likely N-dealkylation sites (tertiary alicyclic amines) is 3. The highest BCUT2D eigenvalue weighted by Crippen LogP contribution is 2.38. The Kier molecular flexibility index (Phi) is 19.3. The minimum absolute atomic E-state index is 0.185. The molecule has 7 aromatic rings. The van der Waals surface area contributed by atoms with Crippen molar-refractivity contribution in [1.82, 2.24) is 50.3 Å². The Morgan fingerprint density at radius 2 is 1.06 bits per heavy atom. The molecule has 0 aliphatic carbocycles. The van der Waals surface area contributed by atoms with Crippen LogP contribution in [0.1, 0.15) is 137 Å². The molecule has 2 aromatic carbocycles. The highest BCUT2D eigenvalue weighted by molar-refractivity contribution is 5.96. The lowest BCUT2D eigenvalue weighted by Crippen LogP contribution is -2.41. The quantitative estimate of drug-likeness (QED) is 0.0371. The molecule has 82 heavy (non-hydrogen) atoms. The molecular formula is C66H82N14O2. The lowest BCUT2D eigenvalue weighted by atomic mass is 9.82. The van der Waals surface area contributed by atoms with Gasteiger partial charge in [-0.15, -0.1) is 0 Å². The molecule has 5 aromatic heterocycles. The number of amides is 2. The zero-order chi connectivity index (χ0) is 58.7. The van der Waals surface area contributed by atoms with E-state index in [9.17, 15) is 14.9 Å². The summed E-state index contributed by atoms with van der Waals surface area (Å²) in [5.41, 5.74) is 14.5. The van der Waals surface area contributed by atoms with E-state index in [1.807, 2.05) is 97.6 Å². The molecule has 4 N–H and O–H groups in total. The summed E-state index contributed by atoms with van der Waals surface area (Å²) in [5.74, 6) is 1.97. The van der Waals surface area contributed by atoms with Crippen molar-refractivity contribution in [2.24, 2.45) is 9.98 Å². The second-order valence-electron chi connectivity index (χ2n) is 22.9. The fourth-order valence-electron chi connectivity index (χ4n) is 12.0. The van der Waals surface area contributed by atoms with Crippen LogP contribution in [0.5, 0.6) is 0 Å². The molecule has 3 aliphatic rings. The number of rotatable bonds is 13. The molecule has 3 aliphatic heterocycles. The maximum atomic E-state index is 13.6. The fraction of sp³-hybridized carbons (Fsp3) is 0.439. The zero-order valence-corrected chi connectivity index (χ0v) is 50.1. The van der Waals surface area contributed by atoms with E-state index in [1.54, 1.807) is 6.92 Å². The molecule has 1 unspecified atom stereocenters. The number of nitriles is 2. The molecule has 16 heteroatoms. The maximum Gasteiger partial charge on any atom is 0.232 e. The van der Waals surface area contributed by atoms with Crippen molar-refractivity contribution in [3.8, 4) is 34.9 Å². The van der Waals surface area contributed by atoms with E-state index in [2.05, 4.69) is 124 Å². The number of hydrogen-bond acceptors (Lipinski definition) is 9. The number of carbonyl (C=O) groups is 2. The number of amidine groups is 1. The number of aromatic nitrogens is 5. The van der Waals surface area contributed by atoms with Crippen LogP contribution in [-0.4, -0.2) is 116 Å². The van der Waals surface area contributed by atoms with Gasteiger partial charge < -0.3 is 24.7 Å². The first-order chi connectivity index (χ1) is 39.4. The third kappa shape index (κ3) is 13.5. The first-order valence-corrected chi connectivity index (χ1v) is 29.3. The summed E-state index contributed by atoms with van der Waals surface area (Å²) in [5, 5.41) is 26.1. The molecule has 0 bridgehead atoms. The van der Waals surface area contributed by atoms with Crippen LogP contribution in [0.15, 0.2) is 95.2 Å². The van der Waals surface area contributed by atoms with E-state index in [0.717, 1.165) is 161 Å². The zero-order valence-electron chi connectivity index (χ0n) is 50.1. The van der Waals surface area contributed by atoms with Crippen LogP contribution in [0.3, 0.4) is 0 Å². The first kappa shape index (κ1) is 59.7. The highest BCUT2D eigenvalue weighted by Gasteiger charge is 2.37. The van der Waals surface area contributed by atoms with Gasteiger partial charge in [0.25, 0.3) is 0 Å². The van der Waals surface area contributed by atoms with Gasteiger partial charge in [-0.2, -0.15) is 10.5 Å². The molecule has 10 rings (SSSR count). The number of H-pyrrole nitrogens is 2. The third-order valence-electron chi connectivity index (χ3n) is 16.3. The minimum Gasteiger partial charge on any atom is -0.354 e. The predicted octanol–water partition coefficient (Wildman–Crippen LogP) is 11.4. The lowest BCUT2D eigenvalue weighted by Gasteiger charge is -2.29. The van der Waals surface area contributed by atoms with Gasteiger partial charge in [-0.25, -0.2) is 0 Å². The van der Waals surface area contributed by atoms with Gasteiger partial charge in [-0.05, 0) is 196 Å². The lowest BCUT2D eigenvalue weighted by molar-refractivity contribution is -0.135. The van der Waals surface area contributed by atoms with Crippen molar-refractivity contribution >= 4 is 45.4 Å². The molecule has 16 nitrogen and oxygen atoms in total. The Bertz CT molecular complexity index is 3500. The van der Waals surface area contributed by atoms with Crippen molar-refractivity contribution in [2.75, 3.05) is 52.4 Å². The van der Waals surface area contributed by atoms with Gasteiger partial charge in [0.05, 0.1) is 10.8 Å². The summed E-state index contributed by atoms with van der Waals surface area (Å²) in [6.45, 7) is 28.0. The average Bonchev–Trinajstić information content (AvgIpc) is 4.41. The SMILES string of the molecule is CC.CC(=NCCc1c(-c2cc(C)nc(C)c2)[nH]c2ccc(C(C)(C)C(=O)N3CCCC3)cc12)NC#N.Cc1cc(-c2[nH]c3ccc(C(C)(C)C(=O)N4CCCC4)cc3c2CCN=C(NC#N)N2CCC(c3ccncc3)C2)cc(C)n1. The topological polar surface area (TPSA) is 210 Å². The Labute approximate surface area is 484 Å². The largest absolute Gasteiger partial charge is 0.354 e. The van der Waals surface area contributed by atoms with Gasteiger partial charge >= 0.3 is 0 Å². The van der Waals surface area contributed by atoms with Crippen molar-refractivity contribution in [3.63, 3.8) is 0 Å². The second kappa shape index (κ2) is 26.5. The van der Waals surface area contributed by atoms with Crippen LogP contribution in [0.25, 0.3) is 44.3 Å². The smallest absolute Gasteiger partial charge is 0.232 e. The Balaban J connectivity index is 0.000000215. The summed E-state index contributed by atoms with van der Waals surface area (Å²) < 4.78 is 0. The van der Waals surface area contributed by atoms with Crippen LogP contribution in [0.4, 0.5) is 0 Å². The normalized spacial score (nSPS) is 15.7. The van der Waals surface area contributed by atoms with E-state index in [-0.39, 0.29) is 11.8 Å². The van der Waals surface area contributed by atoms with Crippen LogP contribution < -0.4 is 10.6 Å². The van der Waals surface area contributed by atoms with Crippen molar-refractivity contribution < 1.29 is 9.59 Å². The third-order valence-corrected chi connectivity index (χ3v) is 16.3. The molecule has 8 heterocycles. The minimum atomic E-state index is -0.639. The summed E-state index contributed by atoms with van der Waals surface area (Å²) in [6.07, 6.45) is 14.3. The number of pyridine rings is 3. The number of hydrogen-bond donors (Lipinski definition) is 4. The van der Waals surface area contributed by atoms with Crippen molar-refractivity contribution in [3.05, 3.63) is 136 Å². The fourth-order valence-corrected chi connectivity index (χ4v) is 12.0. The van der Waals surface area contributed by atoms with Crippen molar-refractivity contribution in [1.29, 1.82) is 10.5 Å². The van der Waals surface area contributed by atoms with E-state index in [0.29, 0.717) is 43.6 Å². The van der Waals surface area contributed by atoms with Gasteiger partial charge in [0.2, 0.25) is 17.8 Å². The number of guanidine groups is 1. The summed E-state index contributed by atoms with van der Waals surface area (Å²) in [4.78, 5) is 63.2. The number of nitrogens with zero attached hydrogens (tertiary/aromatic N) is 10. The second-order valence-corrected chi connectivity index (χ2v) is 22.9. The molecule has 1 atom stereocenters. The molecule has 2 amide bonds. The number of aromatic amines is 2.